The van der Waals surface area contributed by atoms with Crippen molar-refractivity contribution < 1.29 is 41.4 Å². The number of rotatable bonds is 3. The van der Waals surface area contributed by atoms with Crippen molar-refractivity contribution in [1.82, 2.24) is 15.0 Å². The highest BCUT2D eigenvalue weighted by atomic mass is 19.4. The Bertz CT molecular complexity index is 1280. The van der Waals surface area contributed by atoms with Gasteiger partial charge in [-0.2, -0.15) is 36.3 Å². The van der Waals surface area contributed by atoms with E-state index in [1.54, 1.807) is 24.1 Å². The second-order valence-electron chi connectivity index (χ2n) is 7.99. The molecule has 1 aliphatic heterocycles. The predicted octanol–water partition coefficient (Wildman–Crippen LogP) is 3.93. The molecule has 1 unspecified atom stereocenters. The number of aromatic nitrogens is 3. The number of alkyl halides is 6. The molecule has 4 rings (SSSR count). The lowest BCUT2D eigenvalue weighted by molar-refractivity contribution is -0.192. The molecule has 9 nitrogen and oxygen atoms in total. The average molecular weight is 532 g/mol. The maximum Gasteiger partial charge on any atom is 0.490 e. The van der Waals surface area contributed by atoms with Crippen LogP contribution in [0.1, 0.15) is 18.4 Å². The number of carbonyl (C=O) groups is 1. The molecule has 3 aromatic rings. The van der Waals surface area contributed by atoms with Crippen molar-refractivity contribution >= 4 is 34.5 Å². The van der Waals surface area contributed by atoms with Gasteiger partial charge < -0.3 is 26.2 Å². The number of benzene rings is 1. The van der Waals surface area contributed by atoms with E-state index in [0.29, 0.717) is 36.3 Å². The first kappa shape index (κ1) is 27.7. The van der Waals surface area contributed by atoms with Crippen LogP contribution in [0.25, 0.3) is 22.3 Å². The maximum absolute atomic E-state index is 13.9. The number of halogens is 6. The summed E-state index contributed by atoms with van der Waals surface area (Å²) in [6.45, 7) is 0.818. The number of nitrogens with one attached hydrogen (secondary N) is 1. The van der Waals surface area contributed by atoms with Gasteiger partial charge in [0.05, 0.1) is 22.7 Å². The fraction of sp³-hybridized carbons (Fsp3) is 0.364. The number of piperidine rings is 1. The van der Waals surface area contributed by atoms with Crippen molar-refractivity contribution in [1.29, 1.82) is 0 Å². The largest absolute Gasteiger partial charge is 0.490 e. The first-order valence-corrected chi connectivity index (χ1v) is 10.8. The monoisotopic (exact) mass is 532 g/mol. The number of aliphatic carboxylic acids is 1. The molecule has 2 aromatic heterocycles. The van der Waals surface area contributed by atoms with E-state index in [1.807, 2.05) is 0 Å². The molecule has 0 aliphatic carbocycles. The van der Waals surface area contributed by atoms with Gasteiger partial charge in [0, 0.05) is 31.4 Å². The molecule has 0 spiro atoms. The Morgan fingerprint density at radius 3 is 2.35 bits per heavy atom. The Balaban J connectivity index is 0.000000479. The Kier molecular flexibility index (Phi) is 7.95. The minimum Gasteiger partial charge on any atom is -0.475 e. The lowest BCUT2D eigenvalue weighted by Gasteiger charge is -2.34. The van der Waals surface area contributed by atoms with Gasteiger partial charge in [-0.25, -0.2) is 9.78 Å². The number of hydrogen-bond acceptors (Lipinski definition) is 8. The van der Waals surface area contributed by atoms with Crippen LogP contribution in [0.2, 0.25) is 0 Å². The van der Waals surface area contributed by atoms with Gasteiger partial charge in [0.2, 0.25) is 5.95 Å². The highest BCUT2D eigenvalue weighted by molar-refractivity contribution is 5.90. The van der Waals surface area contributed by atoms with Crippen LogP contribution in [0.4, 0.5) is 43.8 Å². The molecule has 1 saturated heterocycles. The zero-order chi connectivity index (χ0) is 27.5. The summed E-state index contributed by atoms with van der Waals surface area (Å²) in [7, 11) is 1.66. The molecule has 0 amide bonds. The van der Waals surface area contributed by atoms with E-state index in [4.69, 9.17) is 15.6 Å². The Morgan fingerprint density at radius 1 is 1.11 bits per heavy atom. The van der Waals surface area contributed by atoms with Crippen molar-refractivity contribution in [3.63, 3.8) is 0 Å². The first-order valence-electron chi connectivity index (χ1n) is 10.8. The van der Waals surface area contributed by atoms with Gasteiger partial charge in [-0.05, 0) is 37.1 Å². The van der Waals surface area contributed by atoms with Crippen molar-refractivity contribution in [2.75, 3.05) is 36.1 Å². The fourth-order valence-electron chi connectivity index (χ4n) is 3.84. The molecule has 1 atom stereocenters. The van der Waals surface area contributed by atoms with Crippen molar-refractivity contribution in [3.05, 3.63) is 35.9 Å². The summed E-state index contributed by atoms with van der Waals surface area (Å²) >= 11 is 0. The Hall–Kier alpha value is -3.88. The molecular formula is C22H22F6N6O3. The number of nitrogen functional groups attached to an aromatic ring is 1. The normalized spacial score (nSPS) is 16.2. The van der Waals surface area contributed by atoms with Crippen LogP contribution < -0.4 is 16.0 Å². The van der Waals surface area contributed by atoms with E-state index >= 15 is 0 Å². The van der Waals surface area contributed by atoms with Crippen LogP contribution in [0.5, 0.6) is 0 Å². The first-order chi connectivity index (χ1) is 17.2. The van der Waals surface area contributed by atoms with Crippen LogP contribution >= 0.6 is 0 Å². The van der Waals surface area contributed by atoms with Crippen LogP contribution in [0.3, 0.4) is 0 Å². The van der Waals surface area contributed by atoms with Gasteiger partial charge >= 0.3 is 18.3 Å². The van der Waals surface area contributed by atoms with E-state index in [1.165, 1.54) is 12.1 Å². The number of anilines is 3. The number of carboxylic acid groups (broad SMARTS) is 1. The summed E-state index contributed by atoms with van der Waals surface area (Å²) < 4.78 is 73.4. The van der Waals surface area contributed by atoms with Crippen LogP contribution in [-0.4, -0.2) is 63.6 Å². The molecule has 0 bridgehead atoms. The fourth-order valence-corrected chi connectivity index (χ4v) is 3.84. The van der Waals surface area contributed by atoms with Gasteiger partial charge in [0.15, 0.2) is 5.65 Å². The number of aliphatic hydroxyl groups excluding tert-OH is 1. The summed E-state index contributed by atoms with van der Waals surface area (Å²) in [6.07, 6.45) is -8.92. The zero-order valence-corrected chi connectivity index (χ0v) is 19.2. The quantitative estimate of drug-likeness (QED) is 0.370. The number of hydrogen-bond donors (Lipinski definition) is 4. The number of nitrogens with two attached hydrogens (primary N) is 1. The predicted molar refractivity (Wildman–Crippen MR) is 123 cm³/mol. The molecule has 5 N–H and O–H groups in total. The van der Waals surface area contributed by atoms with Crippen molar-refractivity contribution in [2.24, 2.45) is 0 Å². The van der Waals surface area contributed by atoms with Crippen molar-refractivity contribution in [3.8, 4) is 11.3 Å². The molecule has 0 saturated carbocycles. The molecule has 1 aliphatic rings. The third-order valence-electron chi connectivity index (χ3n) is 5.40. The number of β-amino-alcohol motifs (C(OH)–C–C–N with tert-alkyl or cyclic N) is 1. The molecule has 1 fully saturated rings. The molecule has 37 heavy (non-hydrogen) atoms. The number of carboxylic acids is 1. The molecular weight excluding hydrogens is 510 g/mol. The minimum atomic E-state index is -5.08. The molecule has 0 radical (unpaired) electrons. The number of fused-ring (bicyclic) bond motifs is 1. The number of aliphatic hydroxyl groups is 1. The lowest BCUT2D eigenvalue weighted by Crippen LogP contribution is -2.38. The summed E-state index contributed by atoms with van der Waals surface area (Å²) in [4.78, 5) is 23.3. The van der Waals surface area contributed by atoms with Crippen LogP contribution in [0.15, 0.2) is 30.3 Å². The topological polar surface area (TPSA) is 137 Å². The SMILES string of the molecule is CNc1nc(N)nc2nc(-c3c(N4CCCC(O)C4)cccc3C(F)(F)F)ccc12.O=C(O)C(F)(F)F. The zero-order valence-electron chi connectivity index (χ0n) is 19.2. The summed E-state index contributed by atoms with van der Waals surface area (Å²) in [6, 6.07) is 7.20. The van der Waals surface area contributed by atoms with E-state index in [-0.39, 0.29) is 29.4 Å². The van der Waals surface area contributed by atoms with E-state index < -0.39 is 30.0 Å². The number of nitrogens with zero attached hydrogens (tertiary/aromatic N) is 4. The van der Waals surface area contributed by atoms with Gasteiger partial charge in [-0.3, -0.25) is 0 Å². The molecule has 15 heteroatoms. The molecule has 3 heterocycles. The third kappa shape index (κ3) is 6.47. The standard InChI is InChI=1S/C20H21F3N6O.C2HF3O2/c1-25-17-12-7-8-14(26-18(12)28-19(24)27-17)16-13(20(21,22)23)5-2-6-15(16)29-9-3-4-11(30)10-29;3-2(4,5)1(6)7/h2,5-8,11,30H,3-4,9-10H2,1H3,(H3,24,25,26,27,28);(H,6,7). The Morgan fingerprint density at radius 2 is 1.78 bits per heavy atom. The van der Waals surface area contributed by atoms with Gasteiger partial charge in [0.1, 0.15) is 5.82 Å². The van der Waals surface area contributed by atoms with Gasteiger partial charge in [-0.1, -0.05) is 6.07 Å². The second kappa shape index (κ2) is 10.6. The third-order valence-corrected chi connectivity index (χ3v) is 5.40. The number of pyridine rings is 1. The summed E-state index contributed by atoms with van der Waals surface area (Å²) in [5.74, 6) is -2.34. The van der Waals surface area contributed by atoms with E-state index in [0.717, 1.165) is 6.07 Å². The molecule has 1 aromatic carbocycles. The average Bonchev–Trinajstić information content (AvgIpc) is 2.81. The molecule has 200 valence electrons. The van der Waals surface area contributed by atoms with E-state index in [2.05, 4.69) is 20.3 Å². The highest BCUT2D eigenvalue weighted by Gasteiger charge is 2.38. The lowest BCUT2D eigenvalue weighted by atomic mass is 9.98. The second-order valence-corrected chi connectivity index (χ2v) is 7.99. The Labute approximate surface area is 206 Å². The van der Waals surface area contributed by atoms with E-state index in [9.17, 15) is 31.4 Å². The highest BCUT2D eigenvalue weighted by Crippen LogP contribution is 2.43. The van der Waals surface area contributed by atoms with Crippen molar-refractivity contribution in [2.45, 2.75) is 31.3 Å². The smallest absolute Gasteiger partial charge is 0.475 e. The summed E-state index contributed by atoms with van der Waals surface area (Å²) in [5.41, 5.74) is 5.62. The van der Waals surface area contributed by atoms with Gasteiger partial charge in [0.25, 0.3) is 0 Å². The summed E-state index contributed by atoms with van der Waals surface area (Å²) in [5, 5.41) is 20.6. The van der Waals surface area contributed by atoms with Crippen LogP contribution in [-0.2, 0) is 11.0 Å². The maximum atomic E-state index is 13.9. The van der Waals surface area contributed by atoms with Crippen LogP contribution in [0, 0.1) is 0 Å². The van der Waals surface area contributed by atoms with Gasteiger partial charge in [-0.15, -0.1) is 0 Å². The minimum absolute atomic E-state index is 0.0278.